The summed E-state index contributed by atoms with van der Waals surface area (Å²) >= 11 is 0. The normalized spacial score (nSPS) is 25.7. The Morgan fingerprint density at radius 3 is 2.85 bits per heavy atom. The highest BCUT2D eigenvalue weighted by atomic mass is 16.6. The van der Waals surface area contributed by atoms with Crippen molar-refractivity contribution in [3.63, 3.8) is 0 Å². The number of aromatic nitrogens is 1. The van der Waals surface area contributed by atoms with Gasteiger partial charge >= 0.3 is 5.97 Å². The van der Waals surface area contributed by atoms with Gasteiger partial charge in [0.15, 0.2) is 12.3 Å². The fourth-order valence-corrected chi connectivity index (χ4v) is 3.33. The number of aliphatic hydroxyl groups excluding tert-OH is 2. The first-order valence-electron chi connectivity index (χ1n) is 8.14. The lowest BCUT2D eigenvalue weighted by Gasteiger charge is -2.36. The van der Waals surface area contributed by atoms with Gasteiger partial charge in [-0.1, -0.05) is 6.07 Å². The van der Waals surface area contributed by atoms with Crippen LogP contribution in [0.5, 0.6) is 5.75 Å². The van der Waals surface area contributed by atoms with Crippen molar-refractivity contribution in [2.45, 2.75) is 37.4 Å². The number of nitrogens with zero attached hydrogens (tertiary/aromatic N) is 2. The third kappa shape index (κ3) is 3.01. The van der Waals surface area contributed by atoms with E-state index in [0.29, 0.717) is 16.8 Å². The molecule has 26 heavy (non-hydrogen) atoms. The van der Waals surface area contributed by atoms with Crippen LogP contribution >= 0.6 is 0 Å². The highest BCUT2D eigenvalue weighted by molar-refractivity contribution is 5.90. The highest BCUT2D eigenvalue weighted by Gasteiger charge is 2.41. The summed E-state index contributed by atoms with van der Waals surface area (Å²) in [6.45, 7) is 0. The van der Waals surface area contributed by atoms with E-state index in [1.807, 2.05) is 0 Å². The molecule has 1 aliphatic rings. The molecule has 2 aromatic rings. The van der Waals surface area contributed by atoms with Crippen LogP contribution in [-0.4, -0.2) is 53.3 Å². The smallest absolute Gasteiger partial charge is 0.335 e. The van der Waals surface area contributed by atoms with E-state index in [0.717, 1.165) is 5.39 Å². The molecule has 0 radical (unpaired) electrons. The fourth-order valence-electron chi connectivity index (χ4n) is 3.33. The average molecular weight is 360 g/mol. The van der Waals surface area contributed by atoms with Crippen LogP contribution in [0, 0.1) is 11.3 Å². The standard InChI is InChI=1S/C18H20N2O6/c1-24-13-5-3-4-11-15(13)10(6-7-19)9-20(11)17-16(22)12(21)8-14(26-17)18(23)25-2/h3-5,9,12,14,16-17,21-22H,6,8H2,1-2H3. The summed E-state index contributed by atoms with van der Waals surface area (Å²) in [6.07, 6.45) is -2.65. The minimum atomic E-state index is -1.24. The maximum atomic E-state index is 11.9. The van der Waals surface area contributed by atoms with Crippen LogP contribution in [0.1, 0.15) is 18.2 Å². The van der Waals surface area contributed by atoms with Gasteiger partial charge in [0.2, 0.25) is 0 Å². The molecule has 1 aromatic carbocycles. The number of fused-ring (bicyclic) bond motifs is 1. The molecule has 0 saturated carbocycles. The van der Waals surface area contributed by atoms with Crippen molar-refractivity contribution < 1.29 is 29.2 Å². The zero-order valence-corrected chi connectivity index (χ0v) is 14.5. The second kappa shape index (κ2) is 7.33. The van der Waals surface area contributed by atoms with Crippen LogP contribution in [-0.2, 0) is 20.7 Å². The molecule has 0 amide bonds. The lowest BCUT2D eigenvalue weighted by molar-refractivity contribution is -0.209. The summed E-state index contributed by atoms with van der Waals surface area (Å²) in [5.41, 5.74) is 1.36. The highest BCUT2D eigenvalue weighted by Crippen LogP contribution is 2.36. The van der Waals surface area contributed by atoms with Gasteiger partial charge in [-0.05, 0) is 17.7 Å². The lowest BCUT2D eigenvalue weighted by atomic mass is 10.0. The first-order chi connectivity index (χ1) is 12.5. The molecule has 0 spiro atoms. The summed E-state index contributed by atoms with van der Waals surface area (Å²) in [5.74, 6) is -0.0332. The number of nitriles is 1. The average Bonchev–Trinajstić information content (AvgIpc) is 3.02. The molecule has 0 aliphatic carbocycles. The van der Waals surface area contributed by atoms with Crippen molar-refractivity contribution in [1.29, 1.82) is 5.26 Å². The molecule has 4 unspecified atom stereocenters. The maximum absolute atomic E-state index is 11.9. The van der Waals surface area contributed by atoms with Gasteiger partial charge in [-0.15, -0.1) is 0 Å². The van der Waals surface area contributed by atoms with Crippen molar-refractivity contribution in [2.75, 3.05) is 14.2 Å². The van der Waals surface area contributed by atoms with E-state index in [9.17, 15) is 15.0 Å². The van der Waals surface area contributed by atoms with Crippen molar-refractivity contribution >= 4 is 16.9 Å². The summed E-state index contributed by atoms with van der Waals surface area (Å²) in [6, 6.07) is 7.45. The number of carbonyl (C=O) groups is 1. The third-order valence-electron chi connectivity index (χ3n) is 4.57. The minimum Gasteiger partial charge on any atom is -0.496 e. The molecule has 1 aliphatic heterocycles. The second-order valence-corrected chi connectivity index (χ2v) is 6.08. The van der Waals surface area contributed by atoms with Crippen molar-refractivity contribution in [3.8, 4) is 11.8 Å². The monoisotopic (exact) mass is 360 g/mol. The first-order valence-corrected chi connectivity index (χ1v) is 8.14. The topological polar surface area (TPSA) is 114 Å². The number of methoxy groups -OCH3 is 2. The number of carbonyl (C=O) groups excluding carboxylic acids is 1. The van der Waals surface area contributed by atoms with Crippen LogP contribution in [0.15, 0.2) is 24.4 Å². The van der Waals surface area contributed by atoms with Gasteiger partial charge in [0, 0.05) is 18.0 Å². The van der Waals surface area contributed by atoms with E-state index in [2.05, 4.69) is 6.07 Å². The lowest BCUT2D eigenvalue weighted by Crippen LogP contribution is -2.48. The molecule has 2 heterocycles. The number of hydrogen-bond donors (Lipinski definition) is 2. The Morgan fingerprint density at radius 1 is 1.42 bits per heavy atom. The van der Waals surface area contributed by atoms with E-state index in [4.69, 9.17) is 19.5 Å². The van der Waals surface area contributed by atoms with Gasteiger partial charge in [-0.3, -0.25) is 0 Å². The van der Waals surface area contributed by atoms with E-state index in [-0.39, 0.29) is 12.8 Å². The molecular weight excluding hydrogens is 340 g/mol. The van der Waals surface area contributed by atoms with Crippen LogP contribution < -0.4 is 4.74 Å². The summed E-state index contributed by atoms with van der Waals surface area (Å²) in [5, 5.41) is 30.5. The Bertz CT molecular complexity index is 855. The number of benzene rings is 1. The van der Waals surface area contributed by atoms with Crippen molar-refractivity contribution in [1.82, 2.24) is 4.57 Å². The predicted octanol–water partition coefficient (Wildman–Crippen LogP) is 0.898. The molecule has 2 N–H and O–H groups in total. The van der Waals surface area contributed by atoms with Gasteiger partial charge < -0.3 is 29.0 Å². The van der Waals surface area contributed by atoms with Gasteiger partial charge in [-0.25, -0.2) is 4.79 Å². The SMILES string of the molecule is COC(=O)C1CC(O)C(O)C(n2cc(CC#N)c3c(OC)cccc32)O1. The van der Waals surface area contributed by atoms with Crippen molar-refractivity contribution in [2.24, 2.45) is 0 Å². The third-order valence-corrected chi connectivity index (χ3v) is 4.57. The van der Waals surface area contributed by atoms with E-state index in [1.54, 1.807) is 29.0 Å². The van der Waals surface area contributed by atoms with Gasteiger partial charge in [0.1, 0.15) is 11.9 Å². The largest absolute Gasteiger partial charge is 0.496 e. The first kappa shape index (κ1) is 18.2. The van der Waals surface area contributed by atoms with E-state index < -0.39 is 30.5 Å². The Hall–Kier alpha value is -2.60. The van der Waals surface area contributed by atoms with Gasteiger partial charge in [0.05, 0.1) is 38.3 Å². The molecule has 0 bridgehead atoms. The predicted molar refractivity (Wildman–Crippen MR) is 90.4 cm³/mol. The molecule has 1 fully saturated rings. The van der Waals surface area contributed by atoms with E-state index in [1.165, 1.54) is 14.2 Å². The van der Waals surface area contributed by atoms with Gasteiger partial charge in [-0.2, -0.15) is 5.26 Å². The van der Waals surface area contributed by atoms with Crippen LogP contribution in [0.3, 0.4) is 0 Å². The number of aliphatic hydroxyl groups is 2. The molecule has 3 rings (SSSR count). The van der Waals surface area contributed by atoms with Crippen molar-refractivity contribution in [3.05, 3.63) is 30.0 Å². The number of hydrogen-bond acceptors (Lipinski definition) is 7. The molecule has 8 nitrogen and oxygen atoms in total. The zero-order chi connectivity index (χ0) is 18.8. The van der Waals surface area contributed by atoms with Gasteiger partial charge in [0.25, 0.3) is 0 Å². The Kier molecular flexibility index (Phi) is 5.13. The fraction of sp³-hybridized carbons (Fsp3) is 0.444. The molecule has 4 atom stereocenters. The van der Waals surface area contributed by atoms with E-state index >= 15 is 0 Å². The maximum Gasteiger partial charge on any atom is 0.335 e. The summed E-state index contributed by atoms with van der Waals surface area (Å²) in [7, 11) is 2.77. The molecule has 1 saturated heterocycles. The van der Waals surface area contributed by atoms with Crippen LogP contribution in [0.2, 0.25) is 0 Å². The molecule has 8 heteroatoms. The zero-order valence-electron chi connectivity index (χ0n) is 14.5. The molecule has 1 aromatic heterocycles. The molecule has 138 valence electrons. The number of rotatable bonds is 4. The minimum absolute atomic E-state index is 0.0576. The van der Waals surface area contributed by atoms with Crippen LogP contribution in [0.25, 0.3) is 10.9 Å². The number of esters is 1. The van der Waals surface area contributed by atoms with Crippen LogP contribution in [0.4, 0.5) is 0 Å². The summed E-state index contributed by atoms with van der Waals surface area (Å²) in [4.78, 5) is 11.9. The second-order valence-electron chi connectivity index (χ2n) is 6.08. The Balaban J connectivity index is 2.11. The molecular formula is C18H20N2O6. The quantitative estimate of drug-likeness (QED) is 0.779. The summed E-state index contributed by atoms with van der Waals surface area (Å²) < 4.78 is 17.4. The Labute approximate surface area is 150 Å². The number of ether oxygens (including phenoxy) is 3. The Morgan fingerprint density at radius 2 is 2.19 bits per heavy atom.